The van der Waals surface area contributed by atoms with Crippen molar-refractivity contribution in [1.82, 2.24) is 19.7 Å². The number of benzene rings is 1. The highest BCUT2D eigenvalue weighted by Gasteiger charge is 2.42. The van der Waals surface area contributed by atoms with Crippen LogP contribution in [0.4, 0.5) is 5.82 Å². The van der Waals surface area contributed by atoms with Gasteiger partial charge >= 0.3 is 0 Å². The van der Waals surface area contributed by atoms with Gasteiger partial charge < -0.3 is 9.64 Å². The lowest BCUT2D eigenvalue weighted by molar-refractivity contribution is 0.160. The Labute approximate surface area is 140 Å². The van der Waals surface area contributed by atoms with E-state index in [0.717, 1.165) is 55.3 Å². The number of aromatic nitrogens is 4. The van der Waals surface area contributed by atoms with Crippen molar-refractivity contribution >= 4 is 16.9 Å². The second kappa shape index (κ2) is 5.27. The highest BCUT2D eigenvalue weighted by molar-refractivity contribution is 5.87. The van der Waals surface area contributed by atoms with Crippen molar-refractivity contribution in [3.63, 3.8) is 0 Å². The maximum Gasteiger partial charge on any atom is 0.168 e. The maximum absolute atomic E-state index is 5.64. The average Bonchev–Trinajstić information content (AvgIpc) is 3.36. The van der Waals surface area contributed by atoms with E-state index in [1.807, 2.05) is 41.2 Å². The van der Waals surface area contributed by atoms with Crippen LogP contribution in [0.3, 0.4) is 0 Å². The largest absolute Gasteiger partial charge is 0.381 e. The predicted molar refractivity (Wildman–Crippen MR) is 91.4 cm³/mol. The number of nitrogens with zero attached hydrogens (tertiary/aromatic N) is 5. The van der Waals surface area contributed by atoms with Crippen molar-refractivity contribution in [3.8, 4) is 5.69 Å². The van der Waals surface area contributed by atoms with Crippen molar-refractivity contribution in [2.75, 3.05) is 31.2 Å². The molecule has 1 unspecified atom stereocenters. The predicted octanol–water partition coefficient (Wildman–Crippen LogP) is 2.43. The number of rotatable bonds is 2. The van der Waals surface area contributed by atoms with Crippen molar-refractivity contribution in [1.29, 1.82) is 0 Å². The number of para-hydroxylation sites is 1. The normalized spacial score (nSPS) is 23.6. The molecule has 2 fully saturated rings. The summed E-state index contributed by atoms with van der Waals surface area (Å²) < 4.78 is 7.52. The molecule has 3 aromatic rings. The van der Waals surface area contributed by atoms with Crippen molar-refractivity contribution < 1.29 is 4.74 Å². The molecule has 1 aromatic carbocycles. The number of hydrogen-bond donors (Lipinski definition) is 0. The van der Waals surface area contributed by atoms with Crippen LogP contribution in [0.1, 0.15) is 12.8 Å². The van der Waals surface area contributed by atoms with Gasteiger partial charge in [-0.15, -0.1) is 0 Å². The third kappa shape index (κ3) is 2.10. The molecule has 0 amide bonds. The van der Waals surface area contributed by atoms with Gasteiger partial charge in [0.15, 0.2) is 5.65 Å². The summed E-state index contributed by atoms with van der Waals surface area (Å²) in [5, 5.41) is 5.56. The Balaban J connectivity index is 1.55. The van der Waals surface area contributed by atoms with Gasteiger partial charge in [0.05, 0.1) is 23.9 Å². The van der Waals surface area contributed by atoms with Crippen LogP contribution in [0.15, 0.2) is 42.9 Å². The molecule has 24 heavy (non-hydrogen) atoms. The van der Waals surface area contributed by atoms with E-state index < -0.39 is 0 Å². The Morgan fingerprint density at radius 3 is 2.83 bits per heavy atom. The zero-order chi connectivity index (χ0) is 16.0. The monoisotopic (exact) mass is 321 g/mol. The Kier molecular flexibility index (Phi) is 3.06. The average molecular weight is 321 g/mol. The van der Waals surface area contributed by atoms with Gasteiger partial charge in [-0.1, -0.05) is 18.2 Å². The fraction of sp³-hybridized carbons (Fsp3) is 0.389. The fourth-order valence-electron chi connectivity index (χ4n) is 3.93. The lowest BCUT2D eigenvalue weighted by Crippen LogP contribution is -2.28. The van der Waals surface area contributed by atoms with Crippen LogP contribution in [0.2, 0.25) is 0 Å². The molecule has 0 radical (unpaired) electrons. The first-order chi connectivity index (χ1) is 11.8. The molecular weight excluding hydrogens is 302 g/mol. The molecule has 6 nitrogen and oxygen atoms in total. The molecule has 2 saturated heterocycles. The van der Waals surface area contributed by atoms with Crippen LogP contribution >= 0.6 is 0 Å². The molecule has 2 aliphatic rings. The van der Waals surface area contributed by atoms with Gasteiger partial charge in [0.25, 0.3) is 0 Å². The van der Waals surface area contributed by atoms with E-state index in [1.54, 1.807) is 6.33 Å². The minimum atomic E-state index is 0.312. The molecule has 0 bridgehead atoms. The van der Waals surface area contributed by atoms with Crippen LogP contribution in [-0.4, -0.2) is 46.1 Å². The molecular formula is C18H19N5O. The SMILES string of the molecule is c1ccc(-n2ncc3c(N4CCC5(CCOC5)C4)ncnc32)cc1. The zero-order valence-electron chi connectivity index (χ0n) is 13.4. The van der Waals surface area contributed by atoms with Gasteiger partial charge in [0.2, 0.25) is 0 Å². The van der Waals surface area contributed by atoms with E-state index in [9.17, 15) is 0 Å². The molecule has 122 valence electrons. The quantitative estimate of drug-likeness (QED) is 0.725. The van der Waals surface area contributed by atoms with Crippen LogP contribution in [-0.2, 0) is 4.74 Å². The van der Waals surface area contributed by atoms with Crippen molar-refractivity contribution in [2.24, 2.45) is 5.41 Å². The van der Waals surface area contributed by atoms with E-state index in [1.165, 1.54) is 6.42 Å². The van der Waals surface area contributed by atoms with Gasteiger partial charge in [-0.3, -0.25) is 0 Å². The maximum atomic E-state index is 5.64. The van der Waals surface area contributed by atoms with Crippen LogP contribution in [0, 0.1) is 5.41 Å². The van der Waals surface area contributed by atoms with Gasteiger partial charge in [0, 0.05) is 25.1 Å². The summed E-state index contributed by atoms with van der Waals surface area (Å²) in [6, 6.07) is 10.1. The van der Waals surface area contributed by atoms with E-state index in [4.69, 9.17) is 4.74 Å². The highest BCUT2D eigenvalue weighted by Crippen LogP contribution is 2.40. The Hall–Kier alpha value is -2.47. The number of hydrogen-bond acceptors (Lipinski definition) is 5. The topological polar surface area (TPSA) is 56.1 Å². The van der Waals surface area contributed by atoms with Gasteiger partial charge in [-0.05, 0) is 25.0 Å². The summed E-state index contributed by atoms with van der Waals surface area (Å²) >= 11 is 0. The molecule has 5 rings (SSSR count). The number of anilines is 1. The summed E-state index contributed by atoms with van der Waals surface area (Å²) in [4.78, 5) is 11.4. The van der Waals surface area contributed by atoms with Crippen LogP contribution < -0.4 is 4.90 Å². The third-order valence-corrected chi connectivity index (χ3v) is 5.27. The summed E-state index contributed by atoms with van der Waals surface area (Å²) in [6.07, 6.45) is 5.86. The summed E-state index contributed by atoms with van der Waals surface area (Å²) in [7, 11) is 0. The first-order valence-corrected chi connectivity index (χ1v) is 8.42. The summed E-state index contributed by atoms with van der Waals surface area (Å²) in [5.41, 5.74) is 2.18. The van der Waals surface area contributed by atoms with Gasteiger partial charge in [-0.25, -0.2) is 14.6 Å². The van der Waals surface area contributed by atoms with E-state index in [2.05, 4.69) is 20.0 Å². The molecule has 2 aromatic heterocycles. The highest BCUT2D eigenvalue weighted by atomic mass is 16.5. The lowest BCUT2D eigenvalue weighted by atomic mass is 9.87. The first-order valence-electron chi connectivity index (χ1n) is 8.42. The second-order valence-electron chi connectivity index (χ2n) is 6.80. The number of fused-ring (bicyclic) bond motifs is 1. The Morgan fingerprint density at radius 2 is 2.00 bits per heavy atom. The Morgan fingerprint density at radius 1 is 1.08 bits per heavy atom. The molecule has 6 heteroatoms. The first kappa shape index (κ1) is 13.9. The van der Waals surface area contributed by atoms with Gasteiger partial charge in [-0.2, -0.15) is 5.10 Å². The van der Waals surface area contributed by atoms with Crippen LogP contribution in [0.25, 0.3) is 16.7 Å². The van der Waals surface area contributed by atoms with Gasteiger partial charge in [0.1, 0.15) is 12.1 Å². The van der Waals surface area contributed by atoms with Crippen molar-refractivity contribution in [3.05, 3.63) is 42.9 Å². The van der Waals surface area contributed by atoms with E-state index >= 15 is 0 Å². The molecule has 0 aliphatic carbocycles. The van der Waals surface area contributed by atoms with E-state index in [-0.39, 0.29) is 0 Å². The number of ether oxygens (including phenoxy) is 1. The smallest absolute Gasteiger partial charge is 0.168 e. The summed E-state index contributed by atoms with van der Waals surface area (Å²) in [6.45, 7) is 3.79. The zero-order valence-corrected chi connectivity index (χ0v) is 13.4. The molecule has 4 heterocycles. The lowest BCUT2D eigenvalue weighted by Gasteiger charge is -2.22. The standard InChI is InChI=1S/C18H19N5O/c1-2-4-14(5-3-1)23-17-15(10-21-23)16(19-13-20-17)22-8-6-18(11-22)7-9-24-12-18/h1-5,10,13H,6-9,11-12H2. The molecule has 2 aliphatic heterocycles. The third-order valence-electron chi connectivity index (χ3n) is 5.27. The van der Waals surface area contributed by atoms with Crippen molar-refractivity contribution in [2.45, 2.75) is 12.8 Å². The van der Waals surface area contributed by atoms with Crippen LogP contribution in [0.5, 0.6) is 0 Å². The molecule has 1 spiro atoms. The molecule has 0 saturated carbocycles. The fourth-order valence-corrected chi connectivity index (χ4v) is 3.93. The minimum Gasteiger partial charge on any atom is -0.381 e. The molecule has 1 atom stereocenters. The summed E-state index contributed by atoms with van der Waals surface area (Å²) in [5.74, 6) is 0.992. The Bertz CT molecular complexity index is 870. The van der Waals surface area contributed by atoms with E-state index in [0.29, 0.717) is 5.41 Å². The second-order valence-corrected chi connectivity index (χ2v) is 6.80. The minimum absolute atomic E-state index is 0.312. The molecule has 0 N–H and O–H groups in total.